The lowest BCUT2D eigenvalue weighted by atomic mass is 10.1. The number of nitrogens with one attached hydrogen (secondary N) is 1. The first-order chi connectivity index (χ1) is 9.61. The summed E-state index contributed by atoms with van der Waals surface area (Å²) in [4.78, 5) is 12.2. The molecule has 0 spiro atoms. The van der Waals surface area contributed by atoms with Gasteiger partial charge in [-0.1, -0.05) is 41.9 Å². The summed E-state index contributed by atoms with van der Waals surface area (Å²) in [5, 5.41) is 3.48. The molecule has 0 aromatic heterocycles. The summed E-state index contributed by atoms with van der Waals surface area (Å²) in [6.45, 7) is 0. The standard InChI is InChI=1S/C15H12Cl2INO/c16-9-14(10-4-2-1-3-5-10)19-15(20)11-6-7-13(18)12(17)8-11/h1-8,14H,9H2,(H,19,20). The molecule has 2 nitrogen and oxygen atoms in total. The molecule has 0 saturated carbocycles. The molecule has 1 unspecified atom stereocenters. The first kappa shape index (κ1) is 15.6. The molecule has 20 heavy (non-hydrogen) atoms. The molecule has 2 aromatic carbocycles. The highest BCUT2D eigenvalue weighted by Crippen LogP contribution is 2.20. The highest BCUT2D eigenvalue weighted by molar-refractivity contribution is 14.1. The Hall–Kier alpha value is -0.780. The molecule has 2 rings (SSSR count). The van der Waals surface area contributed by atoms with Gasteiger partial charge >= 0.3 is 0 Å². The molecule has 0 bridgehead atoms. The minimum absolute atomic E-state index is 0.183. The van der Waals surface area contributed by atoms with Gasteiger partial charge in [0.1, 0.15) is 0 Å². The summed E-state index contributed by atoms with van der Waals surface area (Å²) in [7, 11) is 0. The van der Waals surface area contributed by atoms with Gasteiger partial charge in [0, 0.05) is 15.0 Å². The van der Waals surface area contributed by atoms with Crippen molar-refractivity contribution in [3.8, 4) is 0 Å². The number of hydrogen-bond acceptors (Lipinski definition) is 1. The minimum Gasteiger partial charge on any atom is -0.344 e. The quantitative estimate of drug-likeness (QED) is 0.567. The molecule has 5 heteroatoms. The molecule has 1 N–H and O–H groups in total. The Morgan fingerprint density at radius 2 is 1.90 bits per heavy atom. The van der Waals surface area contributed by atoms with E-state index in [0.717, 1.165) is 9.13 Å². The molecule has 0 radical (unpaired) electrons. The van der Waals surface area contributed by atoms with Gasteiger partial charge in [0.15, 0.2) is 0 Å². The maximum atomic E-state index is 12.2. The molecule has 1 amide bonds. The summed E-state index contributed by atoms with van der Waals surface area (Å²) in [6, 6.07) is 14.6. The molecular weight excluding hydrogens is 408 g/mol. The lowest BCUT2D eigenvalue weighted by Gasteiger charge is -2.16. The Balaban J connectivity index is 2.15. The van der Waals surface area contributed by atoms with E-state index in [0.29, 0.717) is 16.5 Å². The van der Waals surface area contributed by atoms with Crippen molar-refractivity contribution in [2.24, 2.45) is 0 Å². The summed E-state index contributed by atoms with van der Waals surface area (Å²) < 4.78 is 0.915. The number of hydrogen-bond donors (Lipinski definition) is 1. The van der Waals surface area contributed by atoms with Crippen molar-refractivity contribution in [3.63, 3.8) is 0 Å². The SMILES string of the molecule is O=C(NC(CCl)c1ccccc1)c1ccc(I)c(Cl)c1. The van der Waals surface area contributed by atoms with Crippen molar-refractivity contribution < 1.29 is 4.79 Å². The molecule has 0 aliphatic carbocycles. The van der Waals surface area contributed by atoms with E-state index in [1.54, 1.807) is 12.1 Å². The number of carbonyl (C=O) groups excluding carboxylic acids is 1. The highest BCUT2D eigenvalue weighted by atomic mass is 127. The second-order valence-electron chi connectivity index (χ2n) is 4.22. The van der Waals surface area contributed by atoms with Crippen LogP contribution in [0, 0.1) is 3.57 Å². The predicted molar refractivity (Wildman–Crippen MR) is 91.5 cm³/mol. The van der Waals surface area contributed by atoms with E-state index in [9.17, 15) is 4.79 Å². The zero-order valence-electron chi connectivity index (χ0n) is 10.4. The van der Waals surface area contributed by atoms with Crippen LogP contribution in [0.3, 0.4) is 0 Å². The average Bonchev–Trinajstić information content (AvgIpc) is 2.48. The first-order valence-corrected chi connectivity index (χ1v) is 7.97. The molecule has 0 heterocycles. The molecule has 104 valence electrons. The van der Waals surface area contributed by atoms with Gasteiger partial charge in [-0.15, -0.1) is 11.6 Å². The normalized spacial score (nSPS) is 11.9. The van der Waals surface area contributed by atoms with Gasteiger partial charge in [-0.3, -0.25) is 4.79 Å². The second kappa shape index (κ2) is 7.29. The highest BCUT2D eigenvalue weighted by Gasteiger charge is 2.15. The van der Waals surface area contributed by atoms with E-state index in [4.69, 9.17) is 23.2 Å². The van der Waals surface area contributed by atoms with E-state index in [2.05, 4.69) is 27.9 Å². The Kier molecular flexibility index (Phi) is 5.69. The molecule has 0 aliphatic heterocycles. The van der Waals surface area contributed by atoms with Gasteiger partial charge in [0.2, 0.25) is 0 Å². The Morgan fingerprint density at radius 3 is 2.50 bits per heavy atom. The molecule has 0 saturated heterocycles. The topological polar surface area (TPSA) is 29.1 Å². The number of halogens is 3. The molecule has 0 aliphatic rings. The van der Waals surface area contributed by atoms with Crippen LogP contribution in [0.2, 0.25) is 5.02 Å². The molecule has 0 fully saturated rings. The number of benzene rings is 2. The van der Waals surface area contributed by atoms with Gasteiger partial charge in [-0.25, -0.2) is 0 Å². The monoisotopic (exact) mass is 419 g/mol. The van der Waals surface area contributed by atoms with Gasteiger partial charge in [-0.05, 0) is 46.4 Å². The number of carbonyl (C=O) groups is 1. The third-order valence-electron chi connectivity index (χ3n) is 2.84. The summed E-state index contributed by atoms with van der Waals surface area (Å²) in [5.41, 5.74) is 1.51. The van der Waals surface area contributed by atoms with Crippen LogP contribution >= 0.6 is 45.8 Å². The van der Waals surface area contributed by atoms with Crippen molar-refractivity contribution >= 4 is 51.7 Å². The van der Waals surface area contributed by atoms with Crippen molar-refractivity contribution in [3.05, 3.63) is 68.3 Å². The van der Waals surface area contributed by atoms with Crippen LogP contribution < -0.4 is 5.32 Å². The van der Waals surface area contributed by atoms with Crippen molar-refractivity contribution in [2.75, 3.05) is 5.88 Å². The number of rotatable bonds is 4. The van der Waals surface area contributed by atoms with Crippen molar-refractivity contribution in [1.82, 2.24) is 5.32 Å². The van der Waals surface area contributed by atoms with Crippen LogP contribution in [-0.2, 0) is 0 Å². The number of alkyl halides is 1. The lowest BCUT2D eigenvalue weighted by molar-refractivity contribution is 0.0940. The van der Waals surface area contributed by atoms with E-state index in [-0.39, 0.29) is 11.9 Å². The second-order valence-corrected chi connectivity index (χ2v) is 6.10. The van der Waals surface area contributed by atoms with Crippen molar-refractivity contribution in [1.29, 1.82) is 0 Å². The lowest BCUT2D eigenvalue weighted by Crippen LogP contribution is -2.29. The van der Waals surface area contributed by atoms with Crippen LogP contribution in [0.25, 0.3) is 0 Å². The van der Waals surface area contributed by atoms with Crippen molar-refractivity contribution in [2.45, 2.75) is 6.04 Å². The molecule has 1 atom stereocenters. The molecule has 2 aromatic rings. The van der Waals surface area contributed by atoms with Crippen LogP contribution in [0.4, 0.5) is 0 Å². The Labute approximate surface area is 141 Å². The minimum atomic E-state index is -0.219. The fourth-order valence-electron chi connectivity index (χ4n) is 1.78. The zero-order valence-corrected chi connectivity index (χ0v) is 14.1. The van der Waals surface area contributed by atoms with E-state index in [1.165, 1.54) is 0 Å². The fourth-order valence-corrected chi connectivity index (χ4v) is 2.55. The van der Waals surface area contributed by atoms with E-state index < -0.39 is 0 Å². The summed E-state index contributed by atoms with van der Waals surface area (Å²) in [5.74, 6) is 0.131. The number of amides is 1. The van der Waals surface area contributed by atoms with Crippen LogP contribution in [0.5, 0.6) is 0 Å². The van der Waals surface area contributed by atoms with Crippen LogP contribution in [-0.4, -0.2) is 11.8 Å². The van der Waals surface area contributed by atoms with E-state index in [1.807, 2.05) is 36.4 Å². The smallest absolute Gasteiger partial charge is 0.251 e. The zero-order chi connectivity index (χ0) is 14.5. The van der Waals surface area contributed by atoms with Gasteiger partial charge < -0.3 is 5.32 Å². The maximum absolute atomic E-state index is 12.2. The first-order valence-electron chi connectivity index (χ1n) is 5.98. The largest absolute Gasteiger partial charge is 0.344 e. The maximum Gasteiger partial charge on any atom is 0.251 e. The molecular formula is C15H12Cl2INO. The summed E-state index contributed by atoms with van der Waals surface area (Å²) in [6.07, 6.45) is 0. The third-order valence-corrected chi connectivity index (χ3v) is 4.72. The summed E-state index contributed by atoms with van der Waals surface area (Å²) >= 11 is 14.1. The Morgan fingerprint density at radius 1 is 1.20 bits per heavy atom. The Bertz CT molecular complexity index is 604. The van der Waals surface area contributed by atoms with Gasteiger partial charge in [0.05, 0.1) is 11.1 Å². The van der Waals surface area contributed by atoms with Gasteiger partial charge in [0.25, 0.3) is 5.91 Å². The van der Waals surface area contributed by atoms with Crippen LogP contribution in [0.15, 0.2) is 48.5 Å². The van der Waals surface area contributed by atoms with E-state index >= 15 is 0 Å². The fraction of sp³-hybridized carbons (Fsp3) is 0.133. The van der Waals surface area contributed by atoms with Gasteiger partial charge in [-0.2, -0.15) is 0 Å². The average molecular weight is 420 g/mol. The third kappa shape index (κ3) is 3.87. The predicted octanol–water partition coefficient (Wildman–Crippen LogP) is 4.65. The van der Waals surface area contributed by atoms with Crippen LogP contribution in [0.1, 0.15) is 22.0 Å².